The average Bonchev–Trinajstić information content (AvgIpc) is 3.45. The zero-order chi connectivity index (χ0) is 37.7. The standard InChI is InChI=1S/C41H44F4N4O3Si/c1-26-19-35-36(31-17-11-12-18-34(31)47-35)38(37-32(42)20-27(21-33(37)43)46-28-22-48(23-28)39(50)51)49(26)24-41(44,45)25-52-53(40(2,3)4,29-13-7-5-8-14-29)30-15-9-6-10-16-30/h5-18,20-21,26,28,38,46-47H,19,22-25H2,1-4H3,(H,50,51). The van der Waals surface area contributed by atoms with Crippen LogP contribution in [0.3, 0.4) is 0 Å². The third-order valence-electron chi connectivity index (χ3n) is 10.7. The fourth-order valence-electron chi connectivity index (χ4n) is 8.26. The lowest BCUT2D eigenvalue weighted by atomic mass is 9.86. The molecular weight excluding hydrogens is 701 g/mol. The van der Waals surface area contributed by atoms with E-state index in [2.05, 4.69) is 10.3 Å². The first-order valence-electron chi connectivity index (χ1n) is 17.9. The second-order valence-electron chi connectivity index (χ2n) is 15.4. The molecular formula is C41H44F4N4O3Si. The molecule has 0 spiro atoms. The number of halogens is 4. The van der Waals surface area contributed by atoms with Gasteiger partial charge in [-0.05, 0) is 40.5 Å². The number of carboxylic acid groups (broad SMARTS) is 1. The number of alkyl halides is 2. The predicted octanol–water partition coefficient (Wildman–Crippen LogP) is 7.77. The maximum atomic E-state index is 16.8. The summed E-state index contributed by atoms with van der Waals surface area (Å²) in [6.45, 7) is 6.54. The Hall–Kier alpha value is -4.65. The number of carbonyl (C=O) groups is 1. The Morgan fingerprint density at radius 1 is 0.906 bits per heavy atom. The molecule has 1 fully saturated rings. The van der Waals surface area contributed by atoms with Gasteiger partial charge in [0.1, 0.15) is 11.6 Å². The number of amides is 1. The Labute approximate surface area is 307 Å². The van der Waals surface area contributed by atoms with Crippen LogP contribution in [0.5, 0.6) is 0 Å². The van der Waals surface area contributed by atoms with Crippen LogP contribution in [0.4, 0.5) is 28.0 Å². The van der Waals surface area contributed by atoms with Gasteiger partial charge in [0.25, 0.3) is 14.2 Å². The van der Waals surface area contributed by atoms with Gasteiger partial charge in [0.15, 0.2) is 0 Å². The molecule has 2 aliphatic heterocycles. The van der Waals surface area contributed by atoms with E-state index in [1.54, 1.807) is 6.92 Å². The van der Waals surface area contributed by atoms with Gasteiger partial charge in [0, 0.05) is 59.0 Å². The lowest BCUT2D eigenvalue weighted by molar-refractivity contribution is -0.0823. The van der Waals surface area contributed by atoms with E-state index in [-0.39, 0.29) is 30.4 Å². The molecule has 3 N–H and O–H groups in total. The van der Waals surface area contributed by atoms with Crippen LogP contribution in [0.15, 0.2) is 97.1 Å². The first kappa shape index (κ1) is 36.7. The van der Waals surface area contributed by atoms with Crippen molar-refractivity contribution in [1.82, 2.24) is 14.8 Å². The summed E-state index contributed by atoms with van der Waals surface area (Å²) in [6.07, 6.45) is -0.692. The van der Waals surface area contributed by atoms with Crippen molar-refractivity contribution in [2.75, 3.05) is 31.6 Å². The third kappa shape index (κ3) is 6.84. The van der Waals surface area contributed by atoms with Crippen LogP contribution in [0.2, 0.25) is 5.04 Å². The minimum absolute atomic E-state index is 0.150. The smallest absolute Gasteiger partial charge is 0.407 e. The number of aromatic amines is 1. The number of aromatic nitrogens is 1. The van der Waals surface area contributed by atoms with Crippen molar-refractivity contribution in [3.8, 4) is 0 Å². The summed E-state index contributed by atoms with van der Waals surface area (Å²) in [5, 5.41) is 14.1. The molecule has 0 bridgehead atoms. The topological polar surface area (TPSA) is 80.8 Å². The lowest BCUT2D eigenvalue weighted by Crippen LogP contribution is -2.67. The van der Waals surface area contributed by atoms with Crippen molar-refractivity contribution in [2.24, 2.45) is 0 Å². The Balaban J connectivity index is 1.25. The normalized spacial score (nSPS) is 18.5. The molecule has 53 heavy (non-hydrogen) atoms. The minimum atomic E-state index is -3.42. The third-order valence-corrected chi connectivity index (χ3v) is 15.7. The van der Waals surface area contributed by atoms with Crippen molar-refractivity contribution in [3.63, 3.8) is 0 Å². The van der Waals surface area contributed by atoms with Gasteiger partial charge in [-0.3, -0.25) is 4.90 Å². The first-order valence-corrected chi connectivity index (χ1v) is 19.8. The number of benzene rings is 4. The zero-order valence-corrected chi connectivity index (χ0v) is 31.2. The Bertz CT molecular complexity index is 2040. The lowest BCUT2D eigenvalue weighted by Gasteiger charge is -2.45. The number of hydrogen-bond donors (Lipinski definition) is 3. The molecule has 1 amide bonds. The van der Waals surface area contributed by atoms with Crippen molar-refractivity contribution in [3.05, 3.63) is 126 Å². The molecule has 5 aromatic rings. The highest BCUT2D eigenvalue weighted by molar-refractivity contribution is 6.99. The summed E-state index contributed by atoms with van der Waals surface area (Å²) < 4.78 is 73.0. The quantitative estimate of drug-likeness (QED) is 0.101. The summed E-state index contributed by atoms with van der Waals surface area (Å²) >= 11 is 0. The van der Waals surface area contributed by atoms with Crippen molar-refractivity contribution in [1.29, 1.82) is 0 Å². The molecule has 3 heterocycles. The highest BCUT2D eigenvalue weighted by Gasteiger charge is 2.53. The number of fused-ring (bicyclic) bond motifs is 3. The maximum Gasteiger partial charge on any atom is 0.407 e. The fourth-order valence-corrected chi connectivity index (χ4v) is 12.8. The van der Waals surface area contributed by atoms with Gasteiger partial charge >= 0.3 is 6.09 Å². The van der Waals surface area contributed by atoms with Crippen LogP contribution in [0.25, 0.3) is 10.9 Å². The maximum absolute atomic E-state index is 16.8. The molecule has 12 heteroatoms. The van der Waals surface area contributed by atoms with Gasteiger partial charge in [0.2, 0.25) is 0 Å². The molecule has 2 aliphatic rings. The number of likely N-dealkylation sites (tertiary alicyclic amines) is 1. The molecule has 278 valence electrons. The van der Waals surface area contributed by atoms with Crippen LogP contribution in [-0.4, -0.2) is 78.5 Å². The van der Waals surface area contributed by atoms with E-state index in [9.17, 15) is 9.90 Å². The van der Waals surface area contributed by atoms with E-state index in [1.165, 1.54) is 9.80 Å². The van der Waals surface area contributed by atoms with Crippen molar-refractivity contribution < 1.29 is 31.9 Å². The predicted molar refractivity (Wildman–Crippen MR) is 202 cm³/mol. The minimum Gasteiger partial charge on any atom is -0.465 e. The van der Waals surface area contributed by atoms with Gasteiger partial charge in [-0.2, -0.15) is 0 Å². The van der Waals surface area contributed by atoms with E-state index >= 15 is 17.6 Å². The number of H-pyrrole nitrogens is 1. The summed E-state index contributed by atoms with van der Waals surface area (Å²) in [7, 11) is -3.32. The van der Waals surface area contributed by atoms with Crippen molar-refractivity contribution in [2.45, 2.75) is 63.2 Å². The number of para-hydroxylation sites is 1. The summed E-state index contributed by atoms with van der Waals surface area (Å²) in [5.41, 5.74) is 1.90. The second kappa shape index (κ2) is 14.0. The van der Waals surface area contributed by atoms with Gasteiger partial charge in [-0.25, -0.2) is 22.4 Å². The number of nitrogens with one attached hydrogen (secondary N) is 2. The second-order valence-corrected chi connectivity index (χ2v) is 19.7. The average molecular weight is 745 g/mol. The number of hydrogen-bond acceptors (Lipinski definition) is 4. The van der Waals surface area contributed by atoms with E-state index in [4.69, 9.17) is 4.43 Å². The van der Waals surface area contributed by atoms with Crippen LogP contribution < -0.4 is 15.7 Å². The molecule has 7 nitrogen and oxygen atoms in total. The Morgan fingerprint density at radius 2 is 1.47 bits per heavy atom. The molecule has 1 saturated heterocycles. The Morgan fingerprint density at radius 3 is 2.04 bits per heavy atom. The summed E-state index contributed by atoms with van der Waals surface area (Å²) in [6, 6.07) is 26.8. The highest BCUT2D eigenvalue weighted by atomic mass is 28.4. The number of nitrogens with zero attached hydrogens (tertiary/aromatic N) is 2. The van der Waals surface area contributed by atoms with Gasteiger partial charge in [-0.1, -0.05) is 99.6 Å². The van der Waals surface area contributed by atoms with E-state index in [0.29, 0.717) is 17.4 Å². The molecule has 4 aromatic carbocycles. The summed E-state index contributed by atoms with van der Waals surface area (Å²) in [4.78, 5) is 17.3. The van der Waals surface area contributed by atoms with Gasteiger partial charge < -0.3 is 24.7 Å². The van der Waals surface area contributed by atoms with Crippen LogP contribution >= 0.6 is 0 Å². The monoisotopic (exact) mass is 744 g/mol. The van der Waals surface area contributed by atoms with Crippen LogP contribution in [-0.2, 0) is 10.8 Å². The van der Waals surface area contributed by atoms with Gasteiger partial charge in [-0.15, -0.1) is 0 Å². The van der Waals surface area contributed by atoms with Gasteiger partial charge in [0.05, 0.1) is 25.2 Å². The van der Waals surface area contributed by atoms with E-state index < -0.39 is 62.2 Å². The summed E-state index contributed by atoms with van der Waals surface area (Å²) in [5.74, 6) is -5.18. The van der Waals surface area contributed by atoms with Crippen LogP contribution in [0, 0.1) is 11.6 Å². The highest BCUT2D eigenvalue weighted by Crippen LogP contribution is 2.45. The molecule has 0 aliphatic carbocycles. The van der Waals surface area contributed by atoms with E-state index in [1.807, 2.05) is 106 Å². The molecule has 0 saturated carbocycles. The molecule has 0 radical (unpaired) electrons. The molecule has 2 unspecified atom stereocenters. The SMILES string of the molecule is CC1Cc2[nH]c3ccccc3c2C(c2c(F)cc(NC3CN(C(=O)O)C3)cc2F)N1CC(F)(F)CO[Si](c1ccccc1)(c1ccccc1)C(C)(C)C. The number of rotatable bonds is 10. The zero-order valence-electron chi connectivity index (χ0n) is 30.2. The largest absolute Gasteiger partial charge is 0.465 e. The van der Waals surface area contributed by atoms with Crippen LogP contribution in [0.1, 0.15) is 50.6 Å². The fraction of sp³-hybridized carbons (Fsp3) is 0.341. The van der Waals surface area contributed by atoms with Crippen molar-refractivity contribution >= 4 is 41.4 Å². The first-order chi connectivity index (χ1) is 25.2. The molecule has 7 rings (SSSR count). The molecule has 1 aromatic heterocycles. The van der Waals surface area contributed by atoms with E-state index in [0.717, 1.165) is 33.7 Å². The number of anilines is 1. The Kier molecular flexibility index (Phi) is 9.67. The molecule has 2 atom stereocenters.